The van der Waals surface area contributed by atoms with Gasteiger partial charge in [-0.25, -0.2) is 4.98 Å². The van der Waals surface area contributed by atoms with E-state index in [-0.39, 0.29) is 0 Å². The van der Waals surface area contributed by atoms with Crippen LogP contribution < -0.4 is 10.2 Å². The van der Waals surface area contributed by atoms with Crippen molar-refractivity contribution in [3.63, 3.8) is 0 Å². The maximum Gasteiger partial charge on any atom is 0.254 e. The Morgan fingerprint density at radius 2 is 2.13 bits per heavy atom. The summed E-state index contributed by atoms with van der Waals surface area (Å²) >= 11 is 0. The van der Waals surface area contributed by atoms with Gasteiger partial charge >= 0.3 is 0 Å². The van der Waals surface area contributed by atoms with E-state index in [0.717, 1.165) is 11.5 Å². The Bertz CT molecular complexity index is 798. The van der Waals surface area contributed by atoms with E-state index in [1.807, 2.05) is 20.2 Å². The molecule has 0 aliphatic carbocycles. The van der Waals surface area contributed by atoms with Crippen LogP contribution in [-0.2, 0) is 17.9 Å². The van der Waals surface area contributed by atoms with Crippen LogP contribution in [0.15, 0.2) is 36.7 Å². The van der Waals surface area contributed by atoms with E-state index in [9.17, 15) is 0 Å². The predicted molar refractivity (Wildman–Crippen MR) is 89.6 cm³/mol. The van der Waals surface area contributed by atoms with Gasteiger partial charge in [-0.05, 0) is 17.7 Å². The summed E-state index contributed by atoms with van der Waals surface area (Å²) < 4.78 is 6.85. The molecule has 7 nitrogen and oxygen atoms in total. The largest absolute Gasteiger partial charge is 0.378 e. The van der Waals surface area contributed by atoms with Crippen molar-refractivity contribution in [3.8, 4) is 0 Å². The van der Waals surface area contributed by atoms with Crippen LogP contribution in [0.3, 0.4) is 0 Å². The third-order valence-corrected chi connectivity index (χ3v) is 3.50. The molecular formula is C16H20N6O. The van der Waals surface area contributed by atoms with Gasteiger partial charge in [0.25, 0.3) is 5.78 Å². The molecule has 1 N–H and O–H groups in total. The second-order valence-corrected chi connectivity index (χ2v) is 5.46. The topological polar surface area (TPSA) is 67.6 Å². The normalized spacial score (nSPS) is 10.9. The predicted octanol–water partition coefficient (Wildman–Crippen LogP) is 1.95. The first-order valence-corrected chi connectivity index (χ1v) is 7.36. The minimum Gasteiger partial charge on any atom is -0.378 e. The summed E-state index contributed by atoms with van der Waals surface area (Å²) in [6, 6.07) is 10.3. The Kier molecular flexibility index (Phi) is 4.38. The number of aromatic nitrogens is 4. The van der Waals surface area contributed by atoms with Crippen molar-refractivity contribution in [1.82, 2.24) is 19.6 Å². The minimum absolute atomic E-state index is 0.439. The molecule has 0 fully saturated rings. The monoisotopic (exact) mass is 312 g/mol. The van der Waals surface area contributed by atoms with Crippen LogP contribution in [0, 0.1) is 0 Å². The highest BCUT2D eigenvalue weighted by Gasteiger charge is 2.07. The lowest BCUT2D eigenvalue weighted by Gasteiger charge is -2.14. The molecule has 3 aromatic rings. The third kappa shape index (κ3) is 3.40. The lowest BCUT2D eigenvalue weighted by atomic mass is 10.2. The standard InChI is InChI=1S/C16H20N6O/c1-21(2)14-6-4-5-12(7-14)9-17-15-8-13(10-23-3)20-16-18-11-19-22(15)16/h4-8,11,17H,9-10H2,1-3H3. The fraction of sp³-hybridized carbons (Fsp3) is 0.312. The summed E-state index contributed by atoms with van der Waals surface area (Å²) in [5, 5.41) is 7.61. The number of anilines is 2. The molecule has 0 aliphatic rings. The van der Waals surface area contributed by atoms with Gasteiger partial charge in [0.1, 0.15) is 12.1 Å². The lowest BCUT2D eigenvalue weighted by Crippen LogP contribution is -2.10. The Labute approximate surface area is 134 Å². The summed E-state index contributed by atoms with van der Waals surface area (Å²) in [6.45, 7) is 1.13. The SMILES string of the molecule is COCc1cc(NCc2cccc(N(C)C)c2)n2ncnc2n1. The summed E-state index contributed by atoms with van der Waals surface area (Å²) in [5.74, 6) is 1.40. The van der Waals surface area contributed by atoms with Gasteiger partial charge in [-0.3, -0.25) is 0 Å². The summed E-state index contributed by atoms with van der Waals surface area (Å²) in [6.07, 6.45) is 1.50. The van der Waals surface area contributed by atoms with Crippen molar-refractivity contribution < 1.29 is 4.74 Å². The second kappa shape index (κ2) is 6.62. The molecule has 0 saturated heterocycles. The van der Waals surface area contributed by atoms with E-state index in [1.165, 1.54) is 17.6 Å². The molecular weight excluding hydrogens is 292 g/mol. The molecule has 0 spiro atoms. The smallest absolute Gasteiger partial charge is 0.254 e. The Balaban J connectivity index is 1.83. The number of ether oxygens (including phenoxy) is 1. The van der Waals surface area contributed by atoms with Gasteiger partial charge < -0.3 is 15.0 Å². The van der Waals surface area contributed by atoms with Crippen molar-refractivity contribution in [1.29, 1.82) is 0 Å². The maximum atomic E-state index is 5.16. The first-order valence-electron chi connectivity index (χ1n) is 7.36. The average molecular weight is 312 g/mol. The van der Waals surface area contributed by atoms with Crippen LogP contribution in [0.4, 0.5) is 11.5 Å². The van der Waals surface area contributed by atoms with Crippen LogP contribution in [0.5, 0.6) is 0 Å². The van der Waals surface area contributed by atoms with Crippen molar-refractivity contribution in [2.45, 2.75) is 13.2 Å². The lowest BCUT2D eigenvalue weighted by molar-refractivity contribution is 0.181. The molecule has 0 radical (unpaired) electrons. The van der Waals surface area contributed by atoms with Gasteiger partial charge in [-0.2, -0.15) is 14.6 Å². The molecule has 0 aliphatic heterocycles. The molecule has 23 heavy (non-hydrogen) atoms. The molecule has 2 aromatic heterocycles. The van der Waals surface area contributed by atoms with Crippen LogP contribution in [0.25, 0.3) is 5.78 Å². The Hall–Kier alpha value is -2.67. The number of methoxy groups -OCH3 is 1. The first kappa shape index (κ1) is 15.2. The van der Waals surface area contributed by atoms with Crippen LogP contribution in [-0.4, -0.2) is 40.8 Å². The van der Waals surface area contributed by atoms with Gasteiger partial charge in [0.2, 0.25) is 0 Å². The van der Waals surface area contributed by atoms with Gasteiger partial charge in [0.15, 0.2) is 0 Å². The summed E-state index contributed by atoms with van der Waals surface area (Å²) in [4.78, 5) is 10.6. The molecule has 0 bridgehead atoms. The van der Waals surface area contributed by atoms with Crippen molar-refractivity contribution in [2.75, 3.05) is 31.4 Å². The first-order chi connectivity index (χ1) is 11.2. The zero-order chi connectivity index (χ0) is 16.2. The minimum atomic E-state index is 0.439. The van der Waals surface area contributed by atoms with Crippen molar-refractivity contribution in [2.24, 2.45) is 0 Å². The van der Waals surface area contributed by atoms with E-state index >= 15 is 0 Å². The number of nitrogens with one attached hydrogen (secondary N) is 1. The molecule has 1 aromatic carbocycles. The highest BCUT2D eigenvalue weighted by atomic mass is 16.5. The Morgan fingerprint density at radius 3 is 2.91 bits per heavy atom. The van der Waals surface area contributed by atoms with E-state index in [1.54, 1.807) is 11.6 Å². The summed E-state index contributed by atoms with van der Waals surface area (Å²) in [5.41, 5.74) is 3.18. The number of hydrogen-bond donors (Lipinski definition) is 1. The molecule has 0 atom stereocenters. The Morgan fingerprint density at radius 1 is 1.26 bits per heavy atom. The zero-order valence-corrected chi connectivity index (χ0v) is 13.5. The highest BCUT2D eigenvalue weighted by Crippen LogP contribution is 2.16. The van der Waals surface area contributed by atoms with Crippen LogP contribution in [0.2, 0.25) is 0 Å². The van der Waals surface area contributed by atoms with E-state index < -0.39 is 0 Å². The summed E-state index contributed by atoms with van der Waals surface area (Å²) in [7, 11) is 5.71. The van der Waals surface area contributed by atoms with Crippen molar-refractivity contribution >= 4 is 17.3 Å². The van der Waals surface area contributed by atoms with Crippen molar-refractivity contribution in [3.05, 3.63) is 47.9 Å². The molecule has 7 heteroatoms. The number of rotatable bonds is 6. The molecule has 0 unspecified atom stereocenters. The average Bonchev–Trinajstić information content (AvgIpc) is 3.02. The van der Waals surface area contributed by atoms with E-state index in [4.69, 9.17) is 4.74 Å². The number of benzene rings is 1. The molecule has 0 amide bonds. The fourth-order valence-corrected chi connectivity index (χ4v) is 2.35. The van der Waals surface area contributed by atoms with Gasteiger partial charge in [0.05, 0.1) is 12.3 Å². The van der Waals surface area contributed by atoms with Crippen LogP contribution in [0.1, 0.15) is 11.3 Å². The quantitative estimate of drug-likeness (QED) is 0.750. The molecule has 3 rings (SSSR count). The van der Waals surface area contributed by atoms with Gasteiger partial charge in [-0.15, -0.1) is 0 Å². The number of hydrogen-bond acceptors (Lipinski definition) is 6. The molecule has 2 heterocycles. The highest BCUT2D eigenvalue weighted by molar-refractivity contribution is 5.49. The van der Waals surface area contributed by atoms with Gasteiger partial charge in [0, 0.05) is 39.5 Å². The van der Waals surface area contributed by atoms with E-state index in [0.29, 0.717) is 18.9 Å². The van der Waals surface area contributed by atoms with Gasteiger partial charge in [-0.1, -0.05) is 12.1 Å². The molecule has 0 saturated carbocycles. The molecule has 120 valence electrons. The van der Waals surface area contributed by atoms with E-state index in [2.05, 4.69) is 49.5 Å². The second-order valence-electron chi connectivity index (χ2n) is 5.46. The number of nitrogens with zero attached hydrogens (tertiary/aromatic N) is 5. The zero-order valence-electron chi connectivity index (χ0n) is 13.5. The van der Waals surface area contributed by atoms with Crippen LogP contribution >= 0.6 is 0 Å². The maximum absolute atomic E-state index is 5.16. The number of fused-ring (bicyclic) bond motifs is 1. The fourth-order valence-electron chi connectivity index (χ4n) is 2.35. The third-order valence-electron chi connectivity index (χ3n) is 3.50.